The third-order valence-corrected chi connectivity index (χ3v) is 3.78. The minimum atomic E-state index is -0.179. The molecule has 1 aromatic carbocycles. The van der Waals surface area contributed by atoms with Crippen molar-refractivity contribution in [1.82, 2.24) is 4.90 Å². The lowest BCUT2D eigenvalue weighted by atomic mass is 9.99. The molecule has 18 heavy (non-hydrogen) atoms. The summed E-state index contributed by atoms with van der Waals surface area (Å²) in [5, 5.41) is 9.69. The molecule has 5 heteroatoms. The zero-order chi connectivity index (χ0) is 13.3. The second kappa shape index (κ2) is 5.37. The van der Waals surface area contributed by atoms with E-state index in [-0.39, 0.29) is 21.7 Å². The fourth-order valence-electron chi connectivity index (χ4n) is 2.25. The largest absolute Gasteiger partial charge is 0.505 e. The number of carbonyl (C=O) groups excluding carboxylic acids is 1. The number of aromatic hydroxyl groups is 1. The van der Waals surface area contributed by atoms with Crippen molar-refractivity contribution in [2.75, 3.05) is 13.1 Å². The highest BCUT2D eigenvalue weighted by Gasteiger charge is 2.23. The Labute approximate surface area is 116 Å². The van der Waals surface area contributed by atoms with Crippen molar-refractivity contribution in [3.05, 3.63) is 27.7 Å². The van der Waals surface area contributed by atoms with Gasteiger partial charge in [0.05, 0.1) is 10.0 Å². The molecule has 1 saturated heterocycles. The lowest BCUT2D eigenvalue weighted by Gasteiger charge is -2.31. The van der Waals surface area contributed by atoms with Gasteiger partial charge in [-0.25, -0.2) is 0 Å². The Kier molecular flexibility index (Phi) is 4.03. The molecule has 0 bridgehead atoms. The van der Waals surface area contributed by atoms with E-state index in [1.165, 1.54) is 12.1 Å². The number of halogens is 2. The minimum absolute atomic E-state index is 0.0784. The second-order valence-electron chi connectivity index (χ2n) is 4.79. The van der Waals surface area contributed by atoms with E-state index in [9.17, 15) is 9.90 Å². The average molecular weight is 288 g/mol. The van der Waals surface area contributed by atoms with Crippen LogP contribution in [-0.4, -0.2) is 29.0 Å². The van der Waals surface area contributed by atoms with Crippen molar-refractivity contribution in [3.8, 4) is 5.75 Å². The Morgan fingerprint density at radius 3 is 2.56 bits per heavy atom. The van der Waals surface area contributed by atoms with Gasteiger partial charge < -0.3 is 10.0 Å². The maximum atomic E-state index is 12.3. The molecule has 98 valence electrons. The molecule has 1 heterocycles. The Morgan fingerprint density at radius 1 is 1.39 bits per heavy atom. The first-order valence-corrected chi connectivity index (χ1v) is 6.72. The fraction of sp³-hybridized carbons (Fsp3) is 0.462. The van der Waals surface area contributed by atoms with E-state index in [0.717, 1.165) is 25.9 Å². The molecule has 1 aromatic rings. The first-order chi connectivity index (χ1) is 8.49. The van der Waals surface area contributed by atoms with Crippen LogP contribution in [0, 0.1) is 5.92 Å². The van der Waals surface area contributed by atoms with Gasteiger partial charge in [-0.05, 0) is 30.9 Å². The van der Waals surface area contributed by atoms with Crippen molar-refractivity contribution in [3.63, 3.8) is 0 Å². The van der Waals surface area contributed by atoms with E-state index >= 15 is 0 Å². The standard InChI is InChI=1S/C13H15Cl2NO2/c1-8-3-2-4-16(7-8)13(18)9-5-10(14)12(17)11(15)6-9/h5-6,8,17H,2-4,7H2,1H3. The number of benzene rings is 1. The van der Waals surface area contributed by atoms with Gasteiger partial charge in [0, 0.05) is 18.7 Å². The summed E-state index contributed by atoms with van der Waals surface area (Å²) in [5.74, 6) is 0.262. The highest BCUT2D eigenvalue weighted by atomic mass is 35.5. The topological polar surface area (TPSA) is 40.5 Å². The fourth-order valence-corrected chi connectivity index (χ4v) is 2.73. The van der Waals surface area contributed by atoms with E-state index in [0.29, 0.717) is 11.5 Å². The highest BCUT2D eigenvalue weighted by molar-refractivity contribution is 6.37. The third kappa shape index (κ3) is 2.73. The van der Waals surface area contributed by atoms with Crippen molar-refractivity contribution in [1.29, 1.82) is 0 Å². The van der Waals surface area contributed by atoms with Crippen LogP contribution in [0.1, 0.15) is 30.1 Å². The van der Waals surface area contributed by atoms with Crippen LogP contribution in [0.3, 0.4) is 0 Å². The number of amides is 1. The molecule has 1 amide bonds. The number of phenolic OH excluding ortho intramolecular Hbond substituents is 1. The Bertz CT molecular complexity index is 453. The van der Waals surface area contributed by atoms with E-state index in [4.69, 9.17) is 23.2 Å². The predicted molar refractivity (Wildman–Crippen MR) is 72.4 cm³/mol. The van der Waals surface area contributed by atoms with Gasteiger partial charge >= 0.3 is 0 Å². The van der Waals surface area contributed by atoms with Gasteiger partial charge in [-0.2, -0.15) is 0 Å². The number of carbonyl (C=O) groups is 1. The minimum Gasteiger partial charge on any atom is -0.505 e. The van der Waals surface area contributed by atoms with Gasteiger partial charge in [-0.15, -0.1) is 0 Å². The number of likely N-dealkylation sites (tertiary alicyclic amines) is 1. The van der Waals surface area contributed by atoms with Crippen molar-refractivity contribution in [2.45, 2.75) is 19.8 Å². The van der Waals surface area contributed by atoms with Crippen LogP contribution in [0.25, 0.3) is 0 Å². The molecule has 1 N–H and O–H groups in total. The van der Waals surface area contributed by atoms with Crippen LogP contribution < -0.4 is 0 Å². The van der Waals surface area contributed by atoms with Gasteiger partial charge in [-0.3, -0.25) is 4.79 Å². The normalized spacial score (nSPS) is 19.9. The van der Waals surface area contributed by atoms with Crippen LogP contribution in [0.5, 0.6) is 5.75 Å². The third-order valence-electron chi connectivity index (χ3n) is 3.21. The van der Waals surface area contributed by atoms with Crippen LogP contribution in [0.15, 0.2) is 12.1 Å². The van der Waals surface area contributed by atoms with Crippen molar-refractivity contribution in [2.24, 2.45) is 5.92 Å². The summed E-state index contributed by atoms with van der Waals surface area (Å²) in [5.41, 5.74) is 0.428. The summed E-state index contributed by atoms with van der Waals surface area (Å²) in [7, 11) is 0. The van der Waals surface area contributed by atoms with Crippen molar-refractivity contribution >= 4 is 29.1 Å². The molecule has 3 nitrogen and oxygen atoms in total. The number of phenols is 1. The maximum Gasteiger partial charge on any atom is 0.253 e. The number of piperidine rings is 1. The summed E-state index contributed by atoms with van der Waals surface area (Å²) >= 11 is 11.7. The first-order valence-electron chi connectivity index (χ1n) is 5.96. The molecule has 0 spiro atoms. The molecule has 0 saturated carbocycles. The molecule has 1 aliphatic heterocycles. The molecule has 1 aliphatic rings. The summed E-state index contributed by atoms with van der Waals surface area (Å²) in [6, 6.07) is 2.93. The zero-order valence-corrected chi connectivity index (χ0v) is 11.6. The SMILES string of the molecule is CC1CCCN(C(=O)c2cc(Cl)c(O)c(Cl)c2)C1. The van der Waals surface area contributed by atoms with E-state index in [1.54, 1.807) is 0 Å². The molecule has 0 aliphatic carbocycles. The Morgan fingerprint density at radius 2 is 2.00 bits per heavy atom. The van der Waals surface area contributed by atoms with Gasteiger partial charge in [0.25, 0.3) is 5.91 Å². The number of hydrogen-bond acceptors (Lipinski definition) is 2. The maximum absolute atomic E-state index is 12.3. The molecule has 1 unspecified atom stereocenters. The quantitative estimate of drug-likeness (QED) is 0.858. The van der Waals surface area contributed by atoms with Gasteiger partial charge in [0.2, 0.25) is 0 Å². The van der Waals surface area contributed by atoms with E-state index in [2.05, 4.69) is 6.92 Å². The Hall–Kier alpha value is -0.930. The highest BCUT2D eigenvalue weighted by Crippen LogP contribution is 2.33. The summed E-state index contributed by atoms with van der Waals surface area (Å²) in [6.45, 7) is 3.66. The lowest BCUT2D eigenvalue weighted by molar-refractivity contribution is 0.0683. The second-order valence-corrected chi connectivity index (χ2v) is 5.60. The van der Waals surface area contributed by atoms with Crippen LogP contribution in [-0.2, 0) is 0 Å². The number of rotatable bonds is 1. The monoisotopic (exact) mass is 287 g/mol. The van der Waals surface area contributed by atoms with E-state index in [1.807, 2.05) is 4.90 Å². The predicted octanol–water partition coefficient (Wildman–Crippen LogP) is 3.57. The van der Waals surface area contributed by atoms with Crippen LogP contribution >= 0.6 is 23.2 Å². The first kappa shape index (κ1) is 13.5. The van der Waals surface area contributed by atoms with Crippen LogP contribution in [0.2, 0.25) is 10.0 Å². The summed E-state index contributed by atoms with van der Waals surface area (Å²) in [4.78, 5) is 14.1. The number of nitrogens with zero attached hydrogens (tertiary/aromatic N) is 1. The van der Waals surface area contributed by atoms with Crippen LogP contribution in [0.4, 0.5) is 0 Å². The zero-order valence-electron chi connectivity index (χ0n) is 10.1. The molecular formula is C13H15Cl2NO2. The average Bonchev–Trinajstić information content (AvgIpc) is 2.34. The molecule has 0 radical (unpaired) electrons. The van der Waals surface area contributed by atoms with E-state index < -0.39 is 0 Å². The van der Waals surface area contributed by atoms with Gasteiger partial charge in [0.15, 0.2) is 5.75 Å². The van der Waals surface area contributed by atoms with Gasteiger partial charge in [-0.1, -0.05) is 30.1 Å². The lowest BCUT2D eigenvalue weighted by Crippen LogP contribution is -2.39. The van der Waals surface area contributed by atoms with Gasteiger partial charge in [0.1, 0.15) is 0 Å². The number of hydrogen-bond donors (Lipinski definition) is 1. The molecule has 0 aromatic heterocycles. The Balaban J connectivity index is 2.23. The molecular weight excluding hydrogens is 273 g/mol. The molecule has 1 fully saturated rings. The smallest absolute Gasteiger partial charge is 0.253 e. The summed E-state index contributed by atoms with van der Waals surface area (Å²) < 4.78 is 0. The van der Waals surface area contributed by atoms with Crippen molar-refractivity contribution < 1.29 is 9.90 Å². The summed E-state index contributed by atoms with van der Waals surface area (Å²) in [6.07, 6.45) is 2.17. The molecule has 1 atom stereocenters. The molecule has 2 rings (SSSR count).